The van der Waals surface area contributed by atoms with Gasteiger partial charge in [0.2, 0.25) is 0 Å². The van der Waals surface area contributed by atoms with Gasteiger partial charge >= 0.3 is 0 Å². The summed E-state index contributed by atoms with van der Waals surface area (Å²) in [5.74, 6) is 0.999. The van der Waals surface area contributed by atoms with E-state index in [0.29, 0.717) is 0 Å². The van der Waals surface area contributed by atoms with Crippen LogP contribution in [0.2, 0.25) is 0 Å². The van der Waals surface area contributed by atoms with Crippen LogP contribution in [-0.4, -0.2) is 19.0 Å². The van der Waals surface area contributed by atoms with Gasteiger partial charge in [-0.2, -0.15) is 0 Å². The summed E-state index contributed by atoms with van der Waals surface area (Å²) < 4.78 is 5.56. The van der Waals surface area contributed by atoms with Gasteiger partial charge < -0.3 is 4.74 Å². The molecule has 82 valence electrons. The fourth-order valence-corrected chi connectivity index (χ4v) is 1.70. The van der Waals surface area contributed by atoms with E-state index in [1.54, 1.807) is 0 Å². The minimum Gasteiger partial charge on any atom is -0.481 e. The lowest BCUT2D eigenvalue weighted by atomic mass is 10.1. The summed E-state index contributed by atoms with van der Waals surface area (Å²) in [4.78, 5) is 4.28. The third-order valence-corrected chi connectivity index (χ3v) is 2.60. The van der Waals surface area contributed by atoms with Crippen LogP contribution in [0.25, 0.3) is 0 Å². The fourth-order valence-electron chi connectivity index (χ4n) is 1.70. The van der Waals surface area contributed by atoms with E-state index in [2.05, 4.69) is 11.9 Å². The maximum atomic E-state index is 5.56. The number of hydrogen-bond acceptors (Lipinski definition) is 2. The van der Waals surface area contributed by atoms with Gasteiger partial charge in [0.05, 0.1) is 6.61 Å². The van der Waals surface area contributed by atoms with Gasteiger partial charge in [0.15, 0.2) is 5.90 Å². The Morgan fingerprint density at radius 2 is 1.93 bits per heavy atom. The summed E-state index contributed by atoms with van der Waals surface area (Å²) in [7, 11) is 0. The van der Waals surface area contributed by atoms with Crippen LogP contribution in [0.3, 0.4) is 0 Å². The van der Waals surface area contributed by atoms with Crippen LogP contribution in [0.1, 0.15) is 58.3 Å². The van der Waals surface area contributed by atoms with Crippen LogP contribution in [0.5, 0.6) is 0 Å². The van der Waals surface area contributed by atoms with Gasteiger partial charge in [-0.3, -0.25) is 4.99 Å². The molecule has 0 saturated heterocycles. The zero-order valence-corrected chi connectivity index (χ0v) is 9.43. The van der Waals surface area contributed by atoms with E-state index in [-0.39, 0.29) is 0 Å². The molecule has 0 radical (unpaired) electrons. The molecule has 2 nitrogen and oxygen atoms in total. The lowest BCUT2D eigenvalue weighted by Crippen LogP contribution is -2.02. The van der Waals surface area contributed by atoms with Crippen molar-refractivity contribution in [2.45, 2.75) is 58.3 Å². The van der Waals surface area contributed by atoms with Gasteiger partial charge in [-0.15, -0.1) is 0 Å². The molecule has 1 aliphatic heterocycles. The average Bonchev–Trinajstić information content (AvgIpc) is 2.69. The van der Waals surface area contributed by atoms with Gasteiger partial charge in [0.25, 0.3) is 0 Å². The molecule has 1 heterocycles. The van der Waals surface area contributed by atoms with Gasteiger partial charge in [-0.05, 0) is 12.8 Å². The molecule has 0 amide bonds. The van der Waals surface area contributed by atoms with E-state index in [1.165, 1.54) is 44.9 Å². The molecule has 0 atom stereocenters. The summed E-state index contributed by atoms with van der Waals surface area (Å²) in [6.45, 7) is 4.11. The molecule has 2 heteroatoms. The molecule has 0 aromatic rings. The number of nitrogens with zero attached hydrogens (tertiary/aromatic N) is 1. The van der Waals surface area contributed by atoms with E-state index in [0.717, 1.165) is 25.5 Å². The van der Waals surface area contributed by atoms with Crippen LogP contribution in [-0.2, 0) is 4.74 Å². The SMILES string of the molecule is CCCCCCCCOC1=NCCC1. The highest BCUT2D eigenvalue weighted by Crippen LogP contribution is 2.08. The van der Waals surface area contributed by atoms with E-state index in [9.17, 15) is 0 Å². The van der Waals surface area contributed by atoms with Gasteiger partial charge in [0, 0.05) is 13.0 Å². The highest BCUT2D eigenvalue weighted by atomic mass is 16.5. The lowest BCUT2D eigenvalue weighted by molar-refractivity contribution is 0.286. The fraction of sp³-hybridized carbons (Fsp3) is 0.917. The number of hydrogen-bond donors (Lipinski definition) is 0. The number of rotatable bonds is 7. The Kier molecular flexibility index (Phi) is 6.46. The van der Waals surface area contributed by atoms with E-state index >= 15 is 0 Å². The van der Waals surface area contributed by atoms with Crippen molar-refractivity contribution < 1.29 is 4.74 Å². The Bertz CT molecular complexity index is 166. The van der Waals surface area contributed by atoms with Crippen molar-refractivity contribution in [1.29, 1.82) is 0 Å². The van der Waals surface area contributed by atoms with Crippen LogP contribution in [0.15, 0.2) is 4.99 Å². The Morgan fingerprint density at radius 1 is 1.14 bits per heavy atom. The van der Waals surface area contributed by atoms with Gasteiger partial charge in [-0.25, -0.2) is 0 Å². The Labute approximate surface area is 87.8 Å². The molecule has 0 aromatic heterocycles. The monoisotopic (exact) mass is 197 g/mol. The topological polar surface area (TPSA) is 21.6 Å². The molecule has 0 saturated carbocycles. The zero-order chi connectivity index (χ0) is 10.1. The molecule has 0 aromatic carbocycles. The van der Waals surface area contributed by atoms with Gasteiger partial charge in [-0.1, -0.05) is 39.0 Å². The Morgan fingerprint density at radius 3 is 2.64 bits per heavy atom. The summed E-state index contributed by atoms with van der Waals surface area (Å²) in [5, 5.41) is 0. The van der Waals surface area contributed by atoms with Crippen molar-refractivity contribution in [2.24, 2.45) is 4.99 Å². The second kappa shape index (κ2) is 7.84. The first kappa shape index (κ1) is 11.5. The first-order chi connectivity index (χ1) is 6.93. The molecule has 0 bridgehead atoms. The standard InChI is InChI=1S/C12H23NO/c1-2-3-4-5-6-7-11-14-12-9-8-10-13-12/h2-11H2,1H3. The molecular weight excluding hydrogens is 174 g/mol. The number of aliphatic imine (C=N–C) groups is 1. The number of ether oxygens (including phenoxy) is 1. The molecule has 1 aliphatic rings. The maximum absolute atomic E-state index is 5.56. The largest absolute Gasteiger partial charge is 0.481 e. The minimum absolute atomic E-state index is 0.880. The Hall–Kier alpha value is -0.530. The minimum atomic E-state index is 0.880. The molecule has 0 N–H and O–H groups in total. The summed E-state index contributed by atoms with van der Waals surface area (Å²) in [6, 6.07) is 0. The molecule has 14 heavy (non-hydrogen) atoms. The molecule has 0 unspecified atom stereocenters. The molecule has 1 rings (SSSR count). The van der Waals surface area contributed by atoms with Crippen molar-refractivity contribution in [1.82, 2.24) is 0 Å². The quantitative estimate of drug-likeness (QED) is 0.572. The molecular formula is C12H23NO. The van der Waals surface area contributed by atoms with Crippen LogP contribution >= 0.6 is 0 Å². The second-order valence-electron chi connectivity index (χ2n) is 4.00. The van der Waals surface area contributed by atoms with Crippen molar-refractivity contribution in [3.8, 4) is 0 Å². The smallest absolute Gasteiger partial charge is 0.183 e. The van der Waals surface area contributed by atoms with Crippen molar-refractivity contribution in [3.05, 3.63) is 0 Å². The summed E-state index contributed by atoms with van der Waals surface area (Å²) in [5.41, 5.74) is 0. The van der Waals surface area contributed by atoms with Crippen molar-refractivity contribution in [2.75, 3.05) is 13.2 Å². The summed E-state index contributed by atoms with van der Waals surface area (Å²) >= 11 is 0. The second-order valence-corrected chi connectivity index (χ2v) is 4.00. The molecule has 0 fully saturated rings. The first-order valence-electron chi connectivity index (χ1n) is 6.09. The Balaban J connectivity index is 1.80. The van der Waals surface area contributed by atoms with E-state index in [4.69, 9.17) is 4.74 Å². The lowest BCUT2D eigenvalue weighted by Gasteiger charge is -2.04. The normalized spacial score (nSPS) is 15.6. The average molecular weight is 197 g/mol. The predicted octanol–water partition coefficient (Wildman–Crippen LogP) is 3.56. The predicted molar refractivity (Wildman–Crippen MR) is 60.9 cm³/mol. The van der Waals surface area contributed by atoms with E-state index in [1.807, 2.05) is 0 Å². The van der Waals surface area contributed by atoms with Crippen LogP contribution in [0, 0.1) is 0 Å². The highest BCUT2D eigenvalue weighted by Gasteiger charge is 2.05. The van der Waals surface area contributed by atoms with Crippen molar-refractivity contribution >= 4 is 5.90 Å². The van der Waals surface area contributed by atoms with Gasteiger partial charge in [0.1, 0.15) is 0 Å². The zero-order valence-electron chi connectivity index (χ0n) is 9.43. The molecule has 0 spiro atoms. The first-order valence-corrected chi connectivity index (χ1v) is 6.09. The molecule has 0 aliphatic carbocycles. The highest BCUT2D eigenvalue weighted by molar-refractivity contribution is 5.77. The third-order valence-electron chi connectivity index (χ3n) is 2.60. The number of unbranched alkanes of at least 4 members (excludes halogenated alkanes) is 5. The summed E-state index contributed by atoms with van der Waals surface area (Å²) in [6.07, 6.45) is 10.2. The van der Waals surface area contributed by atoms with Crippen molar-refractivity contribution in [3.63, 3.8) is 0 Å². The van der Waals surface area contributed by atoms with Crippen LogP contribution < -0.4 is 0 Å². The van der Waals surface area contributed by atoms with Crippen LogP contribution in [0.4, 0.5) is 0 Å². The third kappa shape index (κ3) is 5.25. The maximum Gasteiger partial charge on any atom is 0.183 e. The van der Waals surface area contributed by atoms with E-state index < -0.39 is 0 Å².